The van der Waals surface area contributed by atoms with Crippen molar-refractivity contribution >= 4 is 23.2 Å². The van der Waals surface area contributed by atoms with Gasteiger partial charge in [-0.15, -0.1) is 0 Å². The first-order valence-electron chi connectivity index (χ1n) is 7.16. The van der Waals surface area contributed by atoms with Gasteiger partial charge in [0, 0.05) is 6.54 Å². The van der Waals surface area contributed by atoms with Crippen LogP contribution in [0.2, 0.25) is 0 Å². The van der Waals surface area contributed by atoms with Crippen molar-refractivity contribution in [2.45, 2.75) is 45.7 Å². The van der Waals surface area contributed by atoms with E-state index >= 15 is 0 Å². The second kappa shape index (κ2) is 6.39. The minimum Gasteiger partial charge on any atom is -0.342 e. The molecule has 1 N–H and O–H groups in total. The highest BCUT2D eigenvalue weighted by Crippen LogP contribution is 2.18. The molecule has 3 unspecified atom stereocenters. The van der Waals surface area contributed by atoms with E-state index in [4.69, 9.17) is 0 Å². The summed E-state index contributed by atoms with van der Waals surface area (Å²) < 4.78 is 0. The fraction of sp³-hybridized carbons (Fsp3) is 0.600. The number of piperazine rings is 1. The maximum Gasteiger partial charge on any atom is 0.246 e. The summed E-state index contributed by atoms with van der Waals surface area (Å²) in [5, 5.41) is 6.98. The lowest BCUT2D eigenvalue weighted by molar-refractivity contribution is -0.150. The fourth-order valence-electron chi connectivity index (χ4n) is 2.46. The van der Waals surface area contributed by atoms with Crippen molar-refractivity contribution in [1.82, 2.24) is 10.2 Å². The number of hydrogen-bond donors (Lipinski definition) is 1. The number of thiophene rings is 1. The van der Waals surface area contributed by atoms with E-state index in [-0.39, 0.29) is 29.8 Å². The van der Waals surface area contributed by atoms with Crippen LogP contribution in [0, 0.1) is 5.92 Å². The molecule has 4 nitrogen and oxygen atoms in total. The molecule has 20 heavy (non-hydrogen) atoms. The van der Waals surface area contributed by atoms with Gasteiger partial charge in [-0.05, 0) is 41.7 Å². The Morgan fingerprint density at radius 3 is 2.80 bits per heavy atom. The summed E-state index contributed by atoms with van der Waals surface area (Å²) in [7, 11) is 0. The molecule has 1 fully saturated rings. The minimum atomic E-state index is -0.374. The molecule has 110 valence electrons. The van der Waals surface area contributed by atoms with Crippen molar-refractivity contribution in [3.63, 3.8) is 0 Å². The second-order valence-electron chi connectivity index (χ2n) is 5.46. The Bertz CT molecular complexity index is 472. The van der Waals surface area contributed by atoms with Crippen molar-refractivity contribution in [2.24, 2.45) is 5.92 Å². The molecule has 2 amide bonds. The zero-order valence-corrected chi connectivity index (χ0v) is 13.1. The summed E-state index contributed by atoms with van der Waals surface area (Å²) in [6, 6.07) is 1.32. The molecule has 1 aromatic heterocycles. The zero-order valence-electron chi connectivity index (χ0n) is 12.3. The van der Waals surface area contributed by atoms with Gasteiger partial charge in [0.2, 0.25) is 11.8 Å². The first-order valence-corrected chi connectivity index (χ1v) is 8.10. The van der Waals surface area contributed by atoms with Gasteiger partial charge >= 0.3 is 0 Å². The van der Waals surface area contributed by atoms with Crippen molar-refractivity contribution in [3.8, 4) is 0 Å². The van der Waals surface area contributed by atoms with Gasteiger partial charge in [0.05, 0.1) is 0 Å². The normalized spacial score (nSPS) is 24.6. The summed E-state index contributed by atoms with van der Waals surface area (Å²) >= 11 is 1.65. The number of nitrogens with zero attached hydrogens (tertiary/aromatic N) is 1. The Hall–Kier alpha value is -1.36. The summed E-state index contributed by atoms with van der Waals surface area (Å²) in [6.07, 6.45) is 1.68. The average molecular weight is 294 g/mol. The molecule has 0 saturated carbocycles. The third-order valence-corrected chi connectivity index (χ3v) is 4.86. The predicted octanol–water partition coefficient (Wildman–Crippen LogP) is 2.05. The van der Waals surface area contributed by atoms with Crippen LogP contribution in [0.5, 0.6) is 0 Å². The lowest BCUT2D eigenvalue weighted by Gasteiger charge is -2.39. The van der Waals surface area contributed by atoms with Gasteiger partial charge in [-0.2, -0.15) is 11.3 Å². The van der Waals surface area contributed by atoms with Gasteiger partial charge in [-0.3, -0.25) is 9.59 Å². The molecule has 0 bridgehead atoms. The minimum absolute atomic E-state index is 0.0415. The lowest BCUT2D eigenvalue weighted by Crippen LogP contribution is -2.64. The molecule has 0 aromatic carbocycles. The summed E-state index contributed by atoms with van der Waals surface area (Å²) in [6.45, 7) is 6.46. The van der Waals surface area contributed by atoms with Crippen molar-refractivity contribution in [2.75, 3.05) is 6.54 Å². The van der Waals surface area contributed by atoms with E-state index in [0.717, 1.165) is 12.8 Å². The van der Waals surface area contributed by atoms with Crippen LogP contribution in [-0.2, 0) is 16.0 Å². The van der Waals surface area contributed by atoms with Crippen LogP contribution in [0.25, 0.3) is 0 Å². The first-order chi connectivity index (χ1) is 9.54. The van der Waals surface area contributed by atoms with Gasteiger partial charge in [-0.1, -0.05) is 20.3 Å². The molecule has 2 heterocycles. The number of nitrogens with one attached hydrogen (secondary N) is 1. The predicted molar refractivity (Wildman–Crippen MR) is 80.6 cm³/mol. The first kappa shape index (κ1) is 15.0. The van der Waals surface area contributed by atoms with Gasteiger partial charge < -0.3 is 10.2 Å². The second-order valence-corrected chi connectivity index (χ2v) is 6.24. The standard InChI is InChI=1S/C15H22N2O2S/c1-4-10(2)13-15(19)17(11(3)14(18)16-13)7-5-12-6-8-20-9-12/h6,8-11,13H,4-5,7H2,1-3H3,(H,16,18). The highest BCUT2D eigenvalue weighted by atomic mass is 32.1. The Morgan fingerprint density at radius 2 is 2.20 bits per heavy atom. The topological polar surface area (TPSA) is 49.4 Å². The van der Waals surface area contributed by atoms with Crippen LogP contribution in [-0.4, -0.2) is 35.3 Å². The van der Waals surface area contributed by atoms with Gasteiger partial charge in [0.1, 0.15) is 12.1 Å². The summed E-state index contributed by atoms with van der Waals surface area (Å²) in [5.41, 5.74) is 1.22. The molecular formula is C15H22N2O2S. The lowest BCUT2D eigenvalue weighted by atomic mass is 9.94. The van der Waals surface area contributed by atoms with Crippen LogP contribution in [0.4, 0.5) is 0 Å². The van der Waals surface area contributed by atoms with E-state index in [9.17, 15) is 9.59 Å². The molecule has 1 aromatic rings. The largest absolute Gasteiger partial charge is 0.342 e. The molecule has 5 heteroatoms. The summed E-state index contributed by atoms with van der Waals surface area (Å²) in [5.74, 6) is 0.185. The Balaban J connectivity index is 2.07. The smallest absolute Gasteiger partial charge is 0.246 e. The van der Waals surface area contributed by atoms with E-state index in [1.807, 2.05) is 19.2 Å². The van der Waals surface area contributed by atoms with E-state index in [1.165, 1.54) is 5.56 Å². The van der Waals surface area contributed by atoms with Gasteiger partial charge in [-0.25, -0.2) is 0 Å². The van der Waals surface area contributed by atoms with Gasteiger partial charge in [0.25, 0.3) is 0 Å². The van der Waals surface area contributed by atoms with Crippen molar-refractivity contribution in [1.29, 1.82) is 0 Å². The van der Waals surface area contributed by atoms with Crippen molar-refractivity contribution < 1.29 is 9.59 Å². The molecule has 1 saturated heterocycles. The highest BCUT2D eigenvalue weighted by molar-refractivity contribution is 7.07. The molecule has 0 radical (unpaired) electrons. The maximum atomic E-state index is 12.6. The monoisotopic (exact) mass is 294 g/mol. The SMILES string of the molecule is CCC(C)C1NC(=O)C(C)N(CCc2ccsc2)C1=O. The average Bonchev–Trinajstić information content (AvgIpc) is 2.95. The third kappa shape index (κ3) is 3.03. The zero-order chi connectivity index (χ0) is 14.7. The third-order valence-electron chi connectivity index (χ3n) is 4.13. The van der Waals surface area contributed by atoms with E-state index in [2.05, 4.69) is 16.8 Å². The molecule has 0 spiro atoms. The molecule has 1 aliphatic rings. The van der Waals surface area contributed by atoms with E-state index in [0.29, 0.717) is 6.54 Å². The quantitative estimate of drug-likeness (QED) is 0.903. The highest BCUT2D eigenvalue weighted by Gasteiger charge is 2.39. The number of carbonyl (C=O) groups is 2. The Labute approximate surface area is 124 Å². The van der Waals surface area contributed by atoms with Crippen LogP contribution in [0.1, 0.15) is 32.8 Å². The Morgan fingerprint density at radius 1 is 1.45 bits per heavy atom. The Kier molecular flexibility index (Phi) is 4.81. The molecule has 1 aliphatic heterocycles. The van der Waals surface area contributed by atoms with Crippen molar-refractivity contribution in [3.05, 3.63) is 22.4 Å². The maximum absolute atomic E-state index is 12.6. The molecule has 3 atom stereocenters. The number of hydrogen-bond acceptors (Lipinski definition) is 3. The molecular weight excluding hydrogens is 272 g/mol. The number of amides is 2. The molecule has 0 aliphatic carbocycles. The fourth-order valence-corrected chi connectivity index (χ4v) is 3.16. The van der Waals surface area contributed by atoms with Crippen LogP contribution >= 0.6 is 11.3 Å². The van der Waals surface area contributed by atoms with Gasteiger partial charge in [0.15, 0.2) is 0 Å². The molecule has 2 rings (SSSR count). The van der Waals surface area contributed by atoms with E-state index < -0.39 is 0 Å². The van der Waals surface area contributed by atoms with E-state index in [1.54, 1.807) is 23.2 Å². The summed E-state index contributed by atoms with van der Waals surface area (Å²) in [4.78, 5) is 26.3. The number of carbonyl (C=O) groups excluding carboxylic acids is 2. The van der Waals surface area contributed by atoms with Crippen LogP contribution in [0.3, 0.4) is 0 Å². The van der Waals surface area contributed by atoms with Crippen LogP contribution < -0.4 is 5.32 Å². The number of rotatable bonds is 5. The van der Waals surface area contributed by atoms with Crippen LogP contribution in [0.15, 0.2) is 16.8 Å².